The van der Waals surface area contributed by atoms with Crippen molar-refractivity contribution < 1.29 is 23.9 Å². The minimum absolute atomic E-state index is 0.0935. The lowest BCUT2D eigenvalue weighted by atomic mass is 10.1. The highest BCUT2D eigenvalue weighted by atomic mass is 35.5. The zero-order valence-corrected chi connectivity index (χ0v) is 24.4. The van der Waals surface area contributed by atoms with E-state index in [0.717, 1.165) is 24.3 Å². The minimum Gasteiger partial charge on any atom is -0.496 e. The van der Waals surface area contributed by atoms with Gasteiger partial charge in [-0.3, -0.25) is 14.4 Å². The van der Waals surface area contributed by atoms with Crippen LogP contribution in [0.4, 0.5) is 17.2 Å². The van der Waals surface area contributed by atoms with Crippen LogP contribution in [0, 0.1) is 0 Å². The number of Topliss-reactive ketones (excluding diaryl/α,β-unsaturated/α-hetero) is 1. The summed E-state index contributed by atoms with van der Waals surface area (Å²) in [6.45, 7) is 6.03. The molecule has 12 heteroatoms. The number of hydrogen-bond donors (Lipinski definition) is 1. The molecule has 3 heterocycles. The summed E-state index contributed by atoms with van der Waals surface area (Å²) in [6.07, 6.45) is 1.88. The Balaban J connectivity index is 1.32. The Labute approximate surface area is 249 Å². The third-order valence-corrected chi connectivity index (χ3v) is 7.70. The molecule has 0 saturated carbocycles. The van der Waals surface area contributed by atoms with E-state index >= 15 is 0 Å². The molecule has 5 rings (SSSR count). The van der Waals surface area contributed by atoms with Crippen molar-refractivity contribution in [3.8, 4) is 5.75 Å². The number of para-hydroxylation sites is 1. The van der Waals surface area contributed by atoms with E-state index in [0.29, 0.717) is 68.9 Å². The number of ketones is 1. The number of benzene rings is 2. The number of morpholine rings is 1. The van der Waals surface area contributed by atoms with E-state index in [9.17, 15) is 14.4 Å². The fraction of sp³-hybridized carbons (Fsp3) is 0.367. The van der Waals surface area contributed by atoms with E-state index in [1.165, 1.54) is 11.1 Å². The van der Waals surface area contributed by atoms with Crippen LogP contribution in [0.3, 0.4) is 0 Å². The Kier molecular flexibility index (Phi) is 9.19. The molecule has 0 spiro atoms. The van der Waals surface area contributed by atoms with Crippen LogP contribution in [0.15, 0.2) is 48.7 Å². The molecule has 42 heavy (non-hydrogen) atoms. The molecule has 11 nitrogen and oxygen atoms in total. The maximum Gasteiger partial charge on any atom is 0.295 e. The lowest BCUT2D eigenvalue weighted by Crippen LogP contribution is -2.48. The molecule has 3 aromatic rings. The second kappa shape index (κ2) is 13.2. The lowest BCUT2D eigenvalue weighted by molar-refractivity contribution is -0.130. The molecule has 2 aliphatic rings. The van der Waals surface area contributed by atoms with Gasteiger partial charge in [0.25, 0.3) is 11.7 Å². The Hall–Kier alpha value is -4.22. The normalized spacial score (nSPS) is 15.4. The smallest absolute Gasteiger partial charge is 0.295 e. The average Bonchev–Trinajstić information content (AvgIpc) is 3.03. The standard InChI is InChI=1S/C30H33ClN6O5/c1-20(38)35-9-11-36(12-10-35)22-8-7-21(26(18-22)41-2)17-27-32-19-24(31)29(34-27)33-25-6-4-3-5-23(25)28(39)30(40)37-13-15-42-16-14-37/h3-8,18-19H,9-17H2,1-2H3,(H,32,33,34). The second-order valence-corrected chi connectivity index (χ2v) is 10.5. The Morgan fingerprint density at radius 3 is 2.45 bits per heavy atom. The topological polar surface area (TPSA) is 117 Å². The number of anilines is 3. The van der Waals surface area contributed by atoms with Crippen LogP contribution >= 0.6 is 11.6 Å². The van der Waals surface area contributed by atoms with E-state index in [1.807, 2.05) is 23.1 Å². The van der Waals surface area contributed by atoms with E-state index in [-0.39, 0.29) is 16.5 Å². The van der Waals surface area contributed by atoms with E-state index in [2.05, 4.69) is 20.2 Å². The maximum absolute atomic E-state index is 13.1. The summed E-state index contributed by atoms with van der Waals surface area (Å²) in [5, 5.41) is 3.40. The summed E-state index contributed by atoms with van der Waals surface area (Å²) in [4.78, 5) is 52.3. The van der Waals surface area contributed by atoms with Gasteiger partial charge in [-0.2, -0.15) is 0 Å². The van der Waals surface area contributed by atoms with Crippen molar-refractivity contribution in [2.75, 3.05) is 69.8 Å². The van der Waals surface area contributed by atoms with Gasteiger partial charge in [-0.15, -0.1) is 0 Å². The predicted octanol–water partition coefficient (Wildman–Crippen LogP) is 3.18. The third-order valence-electron chi connectivity index (χ3n) is 7.42. The first-order valence-corrected chi connectivity index (χ1v) is 14.2. The Morgan fingerprint density at radius 2 is 1.74 bits per heavy atom. The van der Waals surface area contributed by atoms with Gasteiger partial charge in [-0.1, -0.05) is 29.8 Å². The monoisotopic (exact) mass is 592 g/mol. The first kappa shape index (κ1) is 29.3. The SMILES string of the molecule is COc1cc(N2CCN(C(C)=O)CC2)ccc1Cc1ncc(Cl)c(Nc2ccccc2C(=O)C(=O)N2CCOCC2)n1. The van der Waals surface area contributed by atoms with Crippen molar-refractivity contribution in [1.82, 2.24) is 19.8 Å². The molecule has 2 fully saturated rings. The first-order chi connectivity index (χ1) is 20.3. The van der Waals surface area contributed by atoms with Gasteiger partial charge < -0.3 is 29.5 Å². The number of aromatic nitrogens is 2. The Bertz CT molecular complexity index is 1470. The van der Waals surface area contributed by atoms with Crippen molar-refractivity contribution in [1.29, 1.82) is 0 Å². The molecule has 1 aromatic heterocycles. The number of hydrogen-bond acceptors (Lipinski definition) is 9. The molecular weight excluding hydrogens is 560 g/mol. The number of ether oxygens (including phenoxy) is 2. The van der Waals surface area contributed by atoms with Crippen molar-refractivity contribution in [3.05, 3.63) is 70.6 Å². The number of carbonyl (C=O) groups is 3. The second-order valence-electron chi connectivity index (χ2n) is 10.1. The molecule has 1 N–H and O–H groups in total. The molecule has 0 bridgehead atoms. The van der Waals surface area contributed by atoms with Gasteiger partial charge in [0, 0.05) is 69.9 Å². The molecule has 220 valence electrons. The van der Waals surface area contributed by atoms with Crippen LogP contribution in [0.2, 0.25) is 5.02 Å². The zero-order chi connectivity index (χ0) is 29.6. The third kappa shape index (κ3) is 6.63. The molecule has 2 saturated heterocycles. The highest BCUT2D eigenvalue weighted by Crippen LogP contribution is 2.30. The molecule has 0 aliphatic carbocycles. The van der Waals surface area contributed by atoms with Crippen molar-refractivity contribution in [2.24, 2.45) is 0 Å². The number of carbonyl (C=O) groups excluding carboxylic acids is 3. The van der Waals surface area contributed by atoms with E-state index in [4.69, 9.17) is 21.1 Å². The number of amides is 2. The predicted molar refractivity (Wildman–Crippen MR) is 159 cm³/mol. The Morgan fingerprint density at radius 1 is 1.00 bits per heavy atom. The number of nitrogens with one attached hydrogen (secondary N) is 1. The number of methoxy groups -OCH3 is 1. The molecule has 2 amide bonds. The van der Waals surface area contributed by atoms with Gasteiger partial charge in [0.1, 0.15) is 16.6 Å². The minimum atomic E-state index is -0.613. The number of rotatable bonds is 8. The summed E-state index contributed by atoms with van der Waals surface area (Å²) in [5.74, 6) is 0.426. The first-order valence-electron chi connectivity index (χ1n) is 13.8. The van der Waals surface area contributed by atoms with E-state index in [1.54, 1.807) is 38.3 Å². The number of halogens is 1. The summed E-state index contributed by atoms with van der Waals surface area (Å²) >= 11 is 6.44. The molecule has 0 atom stereocenters. The summed E-state index contributed by atoms with van der Waals surface area (Å²) in [5.41, 5.74) is 2.56. The van der Waals surface area contributed by atoms with Crippen LogP contribution in [0.1, 0.15) is 28.7 Å². The molecule has 0 radical (unpaired) electrons. The summed E-state index contributed by atoms with van der Waals surface area (Å²) < 4.78 is 11.0. The van der Waals surface area contributed by atoms with Gasteiger partial charge in [0.15, 0.2) is 5.82 Å². The molecule has 2 aliphatic heterocycles. The van der Waals surface area contributed by atoms with Gasteiger partial charge in [0.05, 0.1) is 37.8 Å². The van der Waals surface area contributed by atoms with Crippen molar-refractivity contribution >= 4 is 46.4 Å². The number of piperazine rings is 1. The van der Waals surface area contributed by atoms with Gasteiger partial charge >= 0.3 is 0 Å². The van der Waals surface area contributed by atoms with E-state index < -0.39 is 11.7 Å². The maximum atomic E-state index is 13.1. The fourth-order valence-electron chi connectivity index (χ4n) is 5.05. The fourth-order valence-corrected chi connectivity index (χ4v) is 5.18. The van der Waals surface area contributed by atoms with Crippen LogP contribution in [0.25, 0.3) is 0 Å². The number of nitrogens with zero attached hydrogens (tertiary/aromatic N) is 5. The van der Waals surface area contributed by atoms with Crippen molar-refractivity contribution in [3.63, 3.8) is 0 Å². The lowest BCUT2D eigenvalue weighted by Gasteiger charge is -2.35. The molecule has 0 unspecified atom stereocenters. The average molecular weight is 593 g/mol. The van der Waals surface area contributed by atoms with Gasteiger partial charge in [-0.25, -0.2) is 9.97 Å². The quantitative estimate of drug-likeness (QED) is 0.311. The van der Waals surface area contributed by atoms with Crippen molar-refractivity contribution in [2.45, 2.75) is 13.3 Å². The largest absolute Gasteiger partial charge is 0.496 e. The molecular formula is C30H33ClN6O5. The van der Waals surface area contributed by atoms with Crippen LogP contribution in [0.5, 0.6) is 5.75 Å². The summed E-state index contributed by atoms with van der Waals surface area (Å²) in [6, 6.07) is 12.8. The van der Waals surface area contributed by atoms with Crippen LogP contribution in [-0.4, -0.2) is 97.0 Å². The van der Waals surface area contributed by atoms with Gasteiger partial charge in [0.2, 0.25) is 5.91 Å². The molecule has 2 aromatic carbocycles. The van der Waals surface area contributed by atoms with Crippen LogP contribution in [-0.2, 0) is 20.7 Å². The zero-order valence-electron chi connectivity index (χ0n) is 23.6. The van der Waals surface area contributed by atoms with Crippen LogP contribution < -0.4 is 15.0 Å². The highest BCUT2D eigenvalue weighted by Gasteiger charge is 2.27. The highest BCUT2D eigenvalue weighted by molar-refractivity contribution is 6.44. The summed E-state index contributed by atoms with van der Waals surface area (Å²) in [7, 11) is 1.62. The van der Waals surface area contributed by atoms with Gasteiger partial charge in [-0.05, 0) is 18.2 Å².